The number of allylic oxidation sites excluding steroid dienone is 1. The van der Waals surface area contributed by atoms with Crippen molar-refractivity contribution >= 4 is 5.71 Å². The molecular formula is C40H50N4O7. The maximum atomic E-state index is 10.4. The van der Waals surface area contributed by atoms with Crippen molar-refractivity contribution in [2.24, 2.45) is 22.9 Å². The van der Waals surface area contributed by atoms with Crippen molar-refractivity contribution in [3.05, 3.63) is 109 Å². The molecule has 11 nitrogen and oxygen atoms in total. The second-order valence-electron chi connectivity index (χ2n) is 13.5. The largest absolute Gasteiger partial charge is 0.490 e. The topological polar surface area (TPSA) is 141 Å². The molecule has 0 spiro atoms. The summed E-state index contributed by atoms with van der Waals surface area (Å²) in [4.78, 5) is 6.10. The van der Waals surface area contributed by atoms with Gasteiger partial charge in [0.1, 0.15) is 30.8 Å². The lowest BCUT2D eigenvalue weighted by Gasteiger charge is -2.58. The Kier molecular flexibility index (Phi) is 12.4. The van der Waals surface area contributed by atoms with Gasteiger partial charge in [-0.3, -0.25) is 0 Å². The molecule has 51 heavy (non-hydrogen) atoms. The number of nitrogens with zero attached hydrogens (tertiary/aromatic N) is 4. The first kappa shape index (κ1) is 36.5. The third kappa shape index (κ3) is 7.67. The Morgan fingerprint density at radius 1 is 0.980 bits per heavy atom. The van der Waals surface area contributed by atoms with Crippen molar-refractivity contribution in [1.29, 1.82) is 0 Å². The summed E-state index contributed by atoms with van der Waals surface area (Å²) >= 11 is 0. The molecular weight excluding hydrogens is 648 g/mol. The minimum absolute atomic E-state index is 0.119. The number of aromatic nitrogens is 3. The summed E-state index contributed by atoms with van der Waals surface area (Å²) in [6.45, 7) is 8.66. The Balaban J connectivity index is 1.57. The molecule has 6 unspecified atom stereocenters. The average molecular weight is 699 g/mol. The summed E-state index contributed by atoms with van der Waals surface area (Å²) < 4.78 is 21.9. The fourth-order valence-electron chi connectivity index (χ4n) is 8.22. The molecule has 2 aliphatic carbocycles. The van der Waals surface area contributed by atoms with Crippen molar-refractivity contribution in [3.8, 4) is 11.5 Å². The van der Waals surface area contributed by atoms with Crippen LogP contribution >= 0.6 is 0 Å². The number of fused-ring (bicyclic) bond motifs is 2. The lowest BCUT2D eigenvalue weighted by atomic mass is 9.55. The molecule has 6 atom stereocenters. The molecule has 0 radical (unpaired) electrons. The molecule has 1 aliphatic heterocycles. The maximum Gasteiger partial charge on any atom is 0.241 e. The summed E-state index contributed by atoms with van der Waals surface area (Å²) in [7, 11) is 0. The Hall–Kier alpha value is -4.29. The van der Waals surface area contributed by atoms with Crippen LogP contribution in [-0.4, -0.2) is 68.2 Å². The maximum absolute atomic E-state index is 10.4. The molecule has 0 amide bonds. The van der Waals surface area contributed by atoms with Crippen LogP contribution in [0.2, 0.25) is 0 Å². The molecule has 11 heteroatoms. The Morgan fingerprint density at radius 3 is 2.51 bits per heavy atom. The van der Waals surface area contributed by atoms with Crippen LogP contribution in [0.15, 0.2) is 96.8 Å². The standard InChI is InChI=1S/C40H50N4O7/c1-3-20-48-31-16-17-36-34(23-31)38-32(15-9-11-19-46)29(14-8-10-18-45)22-33-35(42-50-27-28-12-6-5-7-13-28)24-37(44-30(26-47)25-41-43-44)40(51-36,39(33)38)49-21-4-2/h3-7,12-13,16-17,22-23,25,29,32,37-39,45-47H,1-2,8-11,14-15,18-21,24,26-27H2. The number of hydrogen-bond acceptors (Lipinski definition) is 10. The van der Waals surface area contributed by atoms with Crippen molar-refractivity contribution < 1.29 is 34.4 Å². The Morgan fingerprint density at radius 2 is 1.76 bits per heavy atom. The molecule has 0 saturated heterocycles. The Labute approximate surface area is 299 Å². The number of aliphatic hydroxyl groups is 3. The SMILES string of the molecule is C=CCOc1ccc2c(c1)C1C(CCCCO)C(CCCCO)C=C3C(=NOCc4ccccc4)CC(n4nncc4CO)C(OCC=C)(O2)C31. The van der Waals surface area contributed by atoms with E-state index < -0.39 is 11.8 Å². The zero-order chi connectivity index (χ0) is 35.6. The van der Waals surface area contributed by atoms with E-state index in [1.165, 1.54) is 0 Å². The summed E-state index contributed by atoms with van der Waals surface area (Å²) in [6, 6.07) is 15.3. The lowest BCUT2D eigenvalue weighted by Crippen LogP contribution is -2.63. The minimum atomic E-state index is -1.29. The molecule has 2 aromatic carbocycles. The fourth-order valence-corrected chi connectivity index (χ4v) is 8.22. The second kappa shape index (κ2) is 17.3. The summed E-state index contributed by atoms with van der Waals surface area (Å²) in [5, 5.41) is 43.5. The van der Waals surface area contributed by atoms with Gasteiger partial charge in [-0.15, -0.1) is 11.7 Å². The molecule has 1 saturated carbocycles. The van der Waals surface area contributed by atoms with Crippen molar-refractivity contribution in [2.45, 2.75) is 75.9 Å². The van der Waals surface area contributed by atoms with Gasteiger partial charge in [0.25, 0.3) is 0 Å². The third-order valence-electron chi connectivity index (χ3n) is 10.4. The van der Waals surface area contributed by atoms with Crippen LogP contribution in [-0.2, 0) is 22.8 Å². The van der Waals surface area contributed by atoms with Gasteiger partial charge in [0.05, 0.1) is 36.7 Å². The van der Waals surface area contributed by atoms with Crippen LogP contribution < -0.4 is 9.47 Å². The van der Waals surface area contributed by atoms with E-state index in [1.807, 2.05) is 42.5 Å². The van der Waals surface area contributed by atoms with Gasteiger partial charge in [-0.05, 0) is 66.9 Å². The summed E-state index contributed by atoms with van der Waals surface area (Å²) in [5.41, 5.74) is 4.29. The van der Waals surface area contributed by atoms with E-state index in [-0.39, 0.29) is 50.1 Å². The highest BCUT2D eigenvalue weighted by Crippen LogP contribution is 2.63. The molecule has 3 aliphatic rings. The minimum Gasteiger partial charge on any atom is -0.490 e. The van der Waals surface area contributed by atoms with Gasteiger partial charge in [0, 0.05) is 31.1 Å². The highest BCUT2D eigenvalue weighted by molar-refractivity contribution is 6.02. The van der Waals surface area contributed by atoms with Crippen LogP contribution in [0.1, 0.15) is 73.7 Å². The van der Waals surface area contributed by atoms with E-state index in [0.29, 0.717) is 49.7 Å². The fraction of sp³-hybridized carbons (Fsp3) is 0.475. The first-order valence-electron chi connectivity index (χ1n) is 18.1. The second-order valence-corrected chi connectivity index (χ2v) is 13.5. The van der Waals surface area contributed by atoms with E-state index in [9.17, 15) is 15.3 Å². The smallest absolute Gasteiger partial charge is 0.241 e. The highest BCUT2D eigenvalue weighted by atomic mass is 16.7. The van der Waals surface area contributed by atoms with Gasteiger partial charge in [0.2, 0.25) is 5.79 Å². The van der Waals surface area contributed by atoms with Crippen LogP contribution in [0, 0.1) is 17.8 Å². The lowest BCUT2D eigenvalue weighted by molar-refractivity contribution is -0.252. The van der Waals surface area contributed by atoms with Crippen LogP contribution in [0.5, 0.6) is 11.5 Å². The molecule has 3 N–H and O–H groups in total. The van der Waals surface area contributed by atoms with Crippen molar-refractivity contribution in [1.82, 2.24) is 15.0 Å². The van der Waals surface area contributed by atoms with Gasteiger partial charge in [-0.2, -0.15) is 0 Å². The number of benzene rings is 2. The number of aliphatic hydroxyl groups excluding tert-OH is 3. The van der Waals surface area contributed by atoms with E-state index in [2.05, 4.69) is 35.6 Å². The molecule has 6 rings (SSSR count). The monoisotopic (exact) mass is 698 g/mol. The third-order valence-corrected chi connectivity index (χ3v) is 10.4. The molecule has 1 fully saturated rings. The zero-order valence-corrected chi connectivity index (χ0v) is 29.2. The number of oxime groups is 1. The first-order valence-corrected chi connectivity index (χ1v) is 18.1. The molecule has 272 valence electrons. The molecule has 1 aromatic heterocycles. The van der Waals surface area contributed by atoms with Crippen molar-refractivity contribution in [3.63, 3.8) is 0 Å². The van der Waals surface area contributed by atoms with Gasteiger partial charge in [-0.25, -0.2) is 4.68 Å². The summed E-state index contributed by atoms with van der Waals surface area (Å²) in [5.74, 6) is -0.111. The number of ether oxygens (including phenoxy) is 3. The van der Waals surface area contributed by atoms with Gasteiger partial charge < -0.3 is 34.4 Å². The van der Waals surface area contributed by atoms with E-state index >= 15 is 0 Å². The Bertz CT molecular complexity index is 1670. The van der Waals surface area contributed by atoms with E-state index in [4.69, 9.17) is 24.2 Å². The predicted molar refractivity (Wildman–Crippen MR) is 193 cm³/mol. The predicted octanol–water partition coefficient (Wildman–Crippen LogP) is 6.04. The van der Waals surface area contributed by atoms with Gasteiger partial charge >= 0.3 is 0 Å². The first-order chi connectivity index (χ1) is 25.1. The molecule has 2 heterocycles. The van der Waals surface area contributed by atoms with E-state index in [0.717, 1.165) is 48.1 Å². The number of unbranched alkanes of at least 4 members (excludes halogenated alkanes) is 2. The molecule has 3 aromatic rings. The van der Waals surface area contributed by atoms with Crippen LogP contribution in [0.4, 0.5) is 0 Å². The normalized spacial score (nSPS) is 25.7. The highest BCUT2D eigenvalue weighted by Gasteiger charge is 2.65. The number of rotatable bonds is 19. The van der Waals surface area contributed by atoms with Crippen molar-refractivity contribution in [2.75, 3.05) is 26.4 Å². The number of hydrogen-bond donors (Lipinski definition) is 3. The molecule has 0 bridgehead atoms. The van der Waals surface area contributed by atoms with Gasteiger partial charge in [-0.1, -0.05) is 78.3 Å². The van der Waals surface area contributed by atoms with Crippen LogP contribution in [0.3, 0.4) is 0 Å². The average Bonchev–Trinajstić information content (AvgIpc) is 3.64. The summed E-state index contributed by atoms with van der Waals surface area (Å²) in [6.07, 6.45) is 12.5. The van der Waals surface area contributed by atoms with Gasteiger partial charge in [0.15, 0.2) is 0 Å². The quantitative estimate of drug-likeness (QED) is 0.0777. The zero-order valence-electron chi connectivity index (χ0n) is 29.2. The van der Waals surface area contributed by atoms with E-state index in [1.54, 1.807) is 23.0 Å². The van der Waals surface area contributed by atoms with Crippen LogP contribution in [0.25, 0.3) is 0 Å².